The Bertz CT molecular complexity index is 683. The zero-order valence-electron chi connectivity index (χ0n) is 10.3. The Morgan fingerprint density at radius 1 is 0.895 bits per heavy atom. The molecule has 0 unspecified atom stereocenters. The summed E-state index contributed by atoms with van der Waals surface area (Å²) in [7, 11) is 0. The van der Waals surface area contributed by atoms with Crippen molar-refractivity contribution in [3.05, 3.63) is 72.6 Å². The molecule has 0 spiro atoms. The summed E-state index contributed by atoms with van der Waals surface area (Å²) in [5.74, 6) is 0.333. The number of fused-ring (bicyclic) bond motifs is 1. The van der Waals surface area contributed by atoms with Gasteiger partial charge in [-0.25, -0.2) is 4.57 Å². The van der Waals surface area contributed by atoms with Crippen LogP contribution in [0.15, 0.2) is 67.0 Å². The highest BCUT2D eigenvalue weighted by Gasteiger charge is 2.06. The van der Waals surface area contributed by atoms with Crippen LogP contribution >= 0.6 is 0 Å². The van der Waals surface area contributed by atoms with Crippen molar-refractivity contribution in [2.45, 2.75) is 6.54 Å². The second-order valence-electron chi connectivity index (χ2n) is 4.38. The predicted molar refractivity (Wildman–Crippen MR) is 71.4 cm³/mol. The molecule has 0 bridgehead atoms. The first-order valence-electron chi connectivity index (χ1n) is 5.98. The third-order valence-corrected chi connectivity index (χ3v) is 3.06. The summed E-state index contributed by atoms with van der Waals surface area (Å²) >= 11 is 0. The highest BCUT2D eigenvalue weighted by atomic mass is 127. The molecule has 0 atom stereocenters. The maximum absolute atomic E-state index is 9.74. The Morgan fingerprint density at radius 3 is 2.47 bits per heavy atom. The van der Waals surface area contributed by atoms with Gasteiger partial charge in [0.05, 0.1) is 0 Å². The molecule has 0 radical (unpaired) electrons. The number of hydrogen-bond donors (Lipinski definition) is 1. The Balaban J connectivity index is 0.00000133. The van der Waals surface area contributed by atoms with Crippen molar-refractivity contribution in [1.82, 2.24) is 0 Å². The van der Waals surface area contributed by atoms with Gasteiger partial charge in [-0.05, 0) is 12.1 Å². The lowest BCUT2D eigenvalue weighted by Gasteiger charge is -2.01. The average Bonchev–Trinajstić information content (AvgIpc) is 2.40. The van der Waals surface area contributed by atoms with Gasteiger partial charge >= 0.3 is 0 Å². The van der Waals surface area contributed by atoms with Crippen LogP contribution in [-0.2, 0) is 6.54 Å². The van der Waals surface area contributed by atoms with Gasteiger partial charge in [-0.3, -0.25) is 0 Å². The van der Waals surface area contributed by atoms with E-state index in [2.05, 4.69) is 22.9 Å². The Morgan fingerprint density at radius 2 is 1.68 bits per heavy atom. The van der Waals surface area contributed by atoms with Gasteiger partial charge < -0.3 is 29.1 Å². The molecule has 0 amide bonds. The summed E-state index contributed by atoms with van der Waals surface area (Å²) in [4.78, 5) is 0. The first-order valence-corrected chi connectivity index (χ1v) is 5.98. The van der Waals surface area contributed by atoms with Crippen molar-refractivity contribution in [3.8, 4) is 5.75 Å². The minimum atomic E-state index is 0. The van der Waals surface area contributed by atoms with E-state index in [4.69, 9.17) is 0 Å². The second-order valence-corrected chi connectivity index (χ2v) is 4.38. The Hall–Kier alpha value is -1.62. The van der Waals surface area contributed by atoms with E-state index >= 15 is 0 Å². The molecule has 0 aliphatic rings. The topological polar surface area (TPSA) is 24.1 Å². The van der Waals surface area contributed by atoms with Crippen molar-refractivity contribution in [3.63, 3.8) is 0 Å². The van der Waals surface area contributed by atoms with Gasteiger partial charge in [0.25, 0.3) is 0 Å². The first-order chi connectivity index (χ1) is 8.83. The normalized spacial score (nSPS) is 10.1. The fourth-order valence-electron chi connectivity index (χ4n) is 2.15. The minimum Gasteiger partial charge on any atom is -1.00 e. The van der Waals surface area contributed by atoms with E-state index in [1.807, 2.05) is 42.6 Å². The Labute approximate surface area is 129 Å². The third-order valence-electron chi connectivity index (χ3n) is 3.06. The molecular formula is C16H14INO. The predicted octanol–water partition coefficient (Wildman–Crippen LogP) is -0.115. The quantitative estimate of drug-likeness (QED) is 0.499. The molecule has 0 saturated carbocycles. The number of benzene rings is 2. The standard InChI is InChI=1S/C16H13NO.HI/c18-16-8-4-7-14-12-17(10-9-15(14)16)11-13-5-2-1-3-6-13;/h1-10,12H,11H2;1H. The lowest BCUT2D eigenvalue weighted by molar-refractivity contribution is -0.687. The van der Waals surface area contributed by atoms with E-state index in [0.29, 0.717) is 5.75 Å². The van der Waals surface area contributed by atoms with E-state index in [1.165, 1.54) is 5.56 Å². The summed E-state index contributed by atoms with van der Waals surface area (Å²) < 4.78 is 2.12. The zero-order chi connectivity index (χ0) is 12.4. The monoisotopic (exact) mass is 363 g/mol. The maximum Gasteiger partial charge on any atom is 0.177 e. The molecule has 3 aromatic rings. The van der Waals surface area contributed by atoms with E-state index in [9.17, 15) is 5.11 Å². The highest BCUT2D eigenvalue weighted by Crippen LogP contribution is 2.22. The van der Waals surface area contributed by atoms with E-state index in [0.717, 1.165) is 17.3 Å². The number of aromatic hydroxyl groups is 1. The molecule has 3 rings (SSSR count). The maximum atomic E-state index is 9.74. The number of nitrogens with zero attached hydrogens (tertiary/aromatic N) is 1. The summed E-state index contributed by atoms with van der Waals surface area (Å²) in [6, 6.07) is 17.9. The van der Waals surface area contributed by atoms with Crippen LogP contribution in [0.2, 0.25) is 0 Å². The van der Waals surface area contributed by atoms with Gasteiger partial charge in [0, 0.05) is 22.4 Å². The van der Waals surface area contributed by atoms with Crippen LogP contribution < -0.4 is 28.5 Å². The number of rotatable bonds is 2. The molecule has 1 N–H and O–H groups in total. The first kappa shape index (κ1) is 13.8. The van der Waals surface area contributed by atoms with Crippen LogP contribution in [0.25, 0.3) is 10.8 Å². The summed E-state index contributed by atoms with van der Waals surface area (Å²) in [5, 5.41) is 11.7. The average molecular weight is 363 g/mol. The summed E-state index contributed by atoms with van der Waals surface area (Å²) in [6.07, 6.45) is 4.05. The Kier molecular flexibility index (Phi) is 4.37. The van der Waals surface area contributed by atoms with Gasteiger partial charge in [-0.15, -0.1) is 0 Å². The fourth-order valence-corrected chi connectivity index (χ4v) is 2.15. The molecule has 0 aliphatic heterocycles. The third kappa shape index (κ3) is 3.04. The number of pyridine rings is 1. The summed E-state index contributed by atoms with van der Waals surface area (Å²) in [5.41, 5.74) is 1.27. The van der Waals surface area contributed by atoms with E-state index < -0.39 is 0 Å². The minimum absolute atomic E-state index is 0. The van der Waals surface area contributed by atoms with E-state index in [-0.39, 0.29) is 24.0 Å². The smallest absolute Gasteiger partial charge is 0.177 e. The van der Waals surface area contributed by atoms with Crippen molar-refractivity contribution in [2.24, 2.45) is 0 Å². The molecule has 0 saturated heterocycles. The largest absolute Gasteiger partial charge is 1.00 e. The van der Waals surface area contributed by atoms with Crippen LogP contribution in [0.4, 0.5) is 0 Å². The van der Waals surface area contributed by atoms with Crippen LogP contribution in [-0.4, -0.2) is 5.11 Å². The van der Waals surface area contributed by atoms with Gasteiger partial charge in [0.15, 0.2) is 18.9 Å². The van der Waals surface area contributed by atoms with Crippen molar-refractivity contribution in [1.29, 1.82) is 0 Å². The number of phenols is 1. The molecule has 19 heavy (non-hydrogen) atoms. The van der Waals surface area contributed by atoms with Crippen LogP contribution in [0, 0.1) is 0 Å². The van der Waals surface area contributed by atoms with Crippen LogP contribution in [0.5, 0.6) is 5.75 Å². The van der Waals surface area contributed by atoms with Crippen molar-refractivity contribution < 1.29 is 33.7 Å². The number of halogens is 1. The summed E-state index contributed by atoms with van der Waals surface area (Å²) in [6.45, 7) is 0.840. The molecule has 2 nitrogen and oxygen atoms in total. The van der Waals surface area contributed by atoms with Gasteiger partial charge in [0.1, 0.15) is 5.75 Å². The van der Waals surface area contributed by atoms with Crippen molar-refractivity contribution in [2.75, 3.05) is 0 Å². The molecule has 0 fully saturated rings. The van der Waals surface area contributed by atoms with Crippen LogP contribution in [0.1, 0.15) is 5.56 Å². The lowest BCUT2D eigenvalue weighted by atomic mass is 10.1. The molecule has 96 valence electrons. The van der Waals surface area contributed by atoms with Gasteiger partial charge in [-0.1, -0.05) is 36.4 Å². The SMILES string of the molecule is Oc1cccc2c[n+](Cc3ccccc3)ccc12.[I-]. The van der Waals surface area contributed by atoms with Crippen LogP contribution in [0.3, 0.4) is 0 Å². The second kappa shape index (κ2) is 6.02. The fraction of sp³-hybridized carbons (Fsp3) is 0.0625. The lowest BCUT2D eigenvalue weighted by Crippen LogP contribution is -3.00. The molecule has 1 heterocycles. The molecular weight excluding hydrogens is 349 g/mol. The van der Waals surface area contributed by atoms with E-state index in [1.54, 1.807) is 6.07 Å². The molecule has 3 heteroatoms. The molecule has 2 aromatic carbocycles. The zero-order valence-corrected chi connectivity index (χ0v) is 12.5. The number of aromatic nitrogens is 1. The van der Waals surface area contributed by atoms with Crippen molar-refractivity contribution >= 4 is 10.8 Å². The van der Waals surface area contributed by atoms with Gasteiger partial charge in [0.2, 0.25) is 0 Å². The molecule has 0 aliphatic carbocycles. The van der Waals surface area contributed by atoms with Gasteiger partial charge in [-0.2, -0.15) is 0 Å². The highest BCUT2D eigenvalue weighted by molar-refractivity contribution is 5.86. The molecule has 1 aromatic heterocycles. The number of phenolic OH excluding ortho intramolecular Hbond substituents is 1. The number of hydrogen-bond acceptors (Lipinski definition) is 1.